The summed E-state index contributed by atoms with van der Waals surface area (Å²) in [4.78, 5) is 43.6. The summed E-state index contributed by atoms with van der Waals surface area (Å²) in [5, 5.41) is 6.67. The number of hydrogen-bond donors (Lipinski definition) is 2. The van der Waals surface area contributed by atoms with Crippen LogP contribution in [0.5, 0.6) is 11.5 Å². The van der Waals surface area contributed by atoms with Crippen LogP contribution in [0.3, 0.4) is 0 Å². The highest BCUT2D eigenvalue weighted by Crippen LogP contribution is 2.36. The van der Waals surface area contributed by atoms with Gasteiger partial charge in [-0.05, 0) is 69.6 Å². The van der Waals surface area contributed by atoms with E-state index in [1.54, 1.807) is 39.3 Å². The van der Waals surface area contributed by atoms with Gasteiger partial charge in [-0.25, -0.2) is 0 Å². The largest absolute Gasteiger partial charge is 0.493 e. The van der Waals surface area contributed by atoms with Gasteiger partial charge in [0.15, 0.2) is 11.5 Å². The maximum atomic E-state index is 13.9. The van der Waals surface area contributed by atoms with E-state index in [4.69, 9.17) is 14.2 Å². The Morgan fingerprint density at radius 2 is 1.72 bits per heavy atom. The molecule has 3 aliphatic rings. The first-order chi connectivity index (χ1) is 20.7. The molecular formula is C33H52N4O6. The second-order valence-corrected chi connectivity index (χ2v) is 12.9. The van der Waals surface area contributed by atoms with Gasteiger partial charge >= 0.3 is 0 Å². The van der Waals surface area contributed by atoms with Gasteiger partial charge in [0, 0.05) is 82.8 Å². The number of carbonyl (C=O) groups is 3. The molecule has 2 aliphatic carbocycles. The molecule has 4 rings (SSSR count). The molecule has 0 bridgehead atoms. The van der Waals surface area contributed by atoms with E-state index in [2.05, 4.69) is 15.5 Å². The molecular weight excluding hydrogens is 548 g/mol. The molecule has 2 N–H and O–H groups in total. The fraction of sp³-hybridized carbons (Fsp3) is 0.727. The summed E-state index contributed by atoms with van der Waals surface area (Å²) < 4.78 is 16.5. The van der Waals surface area contributed by atoms with E-state index >= 15 is 0 Å². The molecule has 2 atom stereocenters. The zero-order valence-electron chi connectivity index (χ0n) is 26.8. The van der Waals surface area contributed by atoms with Crippen molar-refractivity contribution < 1.29 is 28.6 Å². The summed E-state index contributed by atoms with van der Waals surface area (Å²) in [7, 11) is 3.25. The quantitative estimate of drug-likeness (QED) is 0.279. The second kappa shape index (κ2) is 15.2. The number of hydrogen-bond acceptors (Lipinski definition) is 7. The van der Waals surface area contributed by atoms with Crippen LogP contribution >= 0.6 is 0 Å². The third-order valence-electron chi connectivity index (χ3n) is 9.19. The highest BCUT2D eigenvalue weighted by Gasteiger charge is 2.43. The van der Waals surface area contributed by atoms with Crippen molar-refractivity contribution >= 4 is 17.7 Å². The summed E-state index contributed by atoms with van der Waals surface area (Å²) in [5.41, 5.74) is 0.156. The van der Waals surface area contributed by atoms with Crippen LogP contribution in [0, 0.1) is 11.8 Å². The van der Waals surface area contributed by atoms with Gasteiger partial charge in [-0.15, -0.1) is 0 Å². The number of rotatable bonds is 16. The molecule has 1 aromatic rings. The van der Waals surface area contributed by atoms with E-state index in [1.165, 1.54) is 0 Å². The Kier molecular flexibility index (Phi) is 11.7. The molecule has 0 radical (unpaired) electrons. The van der Waals surface area contributed by atoms with Crippen LogP contribution in [-0.4, -0.2) is 98.8 Å². The Labute approximate surface area is 257 Å². The van der Waals surface area contributed by atoms with Gasteiger partial charge in [0.2, 0.25) is 11.8 Å². The van der Waals surface area contributed by atoms with E-state index in [-0.39, 0.29) is 41.6 Å². The molecule has 240 valence electrons. The number of nitrogens with zero attached hydrogens (tertiary/aromatic N) is 2. The topological polar surface area (TPSA) is 109 Å². The van der Waals surface area contributed by atoms with Crippen LogP contribution in [0.15, 0.2) is 18.2 Å². The SMILES string of the molecule is COCCCOc1cc(C(=O)N(C[C@@H]2CNC[C@H]2CN(C(=O)CC2(NC(C)=O)CCCC2)C2CC2)C(C)C)ccc1OC. The number of ether oxygens (including phenoxy) is 3. The number of carbonyl (C=O) groups excluding carboxylic acids is 3. The molecule has 10 heteroatoms. The number of nitrogens with one attached hydrogen (secondary N) is 2. The Morgan fingerprint density at radius 3 is 2.33 bits per heavy atom. The minimum absolute atomic E-state index is 0.00275. The van der Waals surface area contributed by atoms with Crippen LogP contribution in [-0.2, 0) is 14.3 Å². The molecule has 0 unspecified atom stereocenters. The average molecular weight is 601 g/mol. The zero-order chi connectivity index (χ0) is 31.0. The molecule has 10 nitrogen and oxygen atoms in total. The van der Waals surface area contributed by atoms with Gasteiger partial charge in [-0.2, -0.15) is 0 Å². The van der Waals surface area contributed by atoms with Crippen molar-refractivity contribution in [3.8, 4) is 11.5 Å². The van der Waals surface area contributed by atoms with Crippen molar-refractivity contribution in [1.82, 2.24) is 20.4 Å². The summed E-state index contributed by atoms with van der Waals surface area (Å²) in [6.45, 7) is 9.61. The van der Waals surface area contributed by atoms with Crippen molar-refractivity contribution in [2.45, 2.75) is 89.8 Å². The highest BCUT2D eigenvalue weighted by atomic mass is 16.5. The van der Waals surface area contributed by atoms with Gasteiger partial charge in [-0.3, -0.25) is 14.4 Å². The normalized spacial score (nSPS) is 21.1. The first-order valence-electron chi connectivity index (χ1n) is 16.1. The number of amides is 3. The van der Waals surface area contributed by atoms with Crippen LogP contribution in [0.2, 0.25) is 0 Å². The van der Waals surface area contributed by atoms with Gasteiger partial charge in [0.25, 0.3) is 5.91 Å². The van der Waals surface area contributed by atoms with Crippen molar-refractivity contribution in [2.75, 3.05) is 53.6 Å². The third-order valence-corrected chi connectivity index (χ3v) is 9.19. The molecule has 2 saturated carbocycles. The van der Waals surface area contributed by atoms with Crippen LogP contribution in [0.1, 0.15) is 82.5 Å². The summed E-state index contributed by atoms with van der Waals surface area (Å²) in [6, 6.07) is 5.64. The first kappa shape index (κ1) is 33.1. The van der Waals surface area contributed by atoms with Crippen molar-refractivity contribution in [2.24, 2.45) is 11.8 Å². The molecule has 0 spiro atoms. The van der Waals surface area contributed by atoms with Crippen molar-refractivity contribution in [3.05, 3.63) is 23.8 Å². The van der Waals surface area contributed by atoms with Crippen molar-refractivity contribution in [1.29, 1.82) is 0 Å². The number of methoxy groups -OCH3 is 2. The lowest BCUT2D eigenvalue weighted by Gasteiger charge is -2.36. The molecule has 1 heterocycles. The summed E-state index contributed by atoms with van der Waals surface area (Å²) in [6.07, 6.45) is 6.99. The lowest BCUT2D eigenvalue weighted by atomic mass is 9.90. The van der Waals surface area contributed by atoms with E-state index in [1.807, 2.05) is 18.7 Å². The predicted molar refractivity (Wildman–Crippen MR) is 165 cm³/mol. The lowest BCUT2D eigenvalue weighted by Crippen LogP contribution is -2.51. The fourth-order valence-electron chi connectivity index (χ4n) is 6.72. The minimum Gasteiger partial charge on any atom is -0.493 e. The molecule has 3 amide bonds. The molecule has 1 aromatic carbocycles. The molecule has 43 heavy (non-hydrogen) atoms. The smallest absolute Gasteiger partial charge is 0.254 e. The standard InChI is InChI=1S/C33H52N4O6/c1-23(2)36(32(40)25-9-12-29(42-5)30(17-25)43-16-8-15-41-4)21-26-19-34-20-27(26)22-37(28-10-11-28)31(39)18-33(35-24(3)38)13-6-7-14-33/h9,12,17,23,26-28,34H,6-8,10-11,13-16,18-22H2,1-5H3,(H,35,38)/t26-,27-/m0/s1. The van der Waals surface area contributed by atoms with E-state index < -0.39 is 5.54 Å². The lowest BCUT2D eigenvalue weighted by molar-refractivity contribution is -0.134. The van der Waals surface area contributed by atoms with Gasteiger partial charge in [0.05, 0.1) is 13.7 Å². The Balaban J connectivity index is 1.43. The van der Waals surface area contributed by atoms with E-state index in [9.17, 15) is 14.4 Å². The molecule has 3 fully saturated rings. The molecule has 0 aromatic heterocycles. The van der Waals surface area contributed by atoms with Gasteiger partial charge < -0.3 is 34.6 Å². The fourth-order valence-corrected chi connectivity index (χ4v) is 6.72. The Bertz CT molecular complexity index is 1100. The monoisotopic (exact) mass is 600 g/mol. The van der Waals surface area contributed by atoms with Crippen LogP contribution < -0.4 is 20.1 Å². The first-order valence-corrected chi connectivity index (χ1v) is 16.1. The van der Waals surface area contributed by atoms with Crippen LogP contribution in [0.4, 0.5) is 0 Å². The van der Waals surface area contributed by atoms with Crippen molar-refractivity contribution in [3.63, 3.8) is 0 Å². The predicted octanol–water partition coefficient (Wildman–Crippen LogP) is 3.63. The Hall–Kier alpha value is -2.85. The zero-order valence-corrected chi connectivity index (χ0v) is 26.8. The van der Waals surface area contributed by atoms with Gasteiger partial charge in [-0.1, -0.05) is 12.8 Å². The summed E-state index contributed by atoms with van der Waals surface area (Å²) >= 11 is 0. The number of benzene rings is 1. The minimum atomic E-state index is -0.408. The Morgan fingerprint density at radius 1 is 1.02 bits per heavy atom. The highest BCUT2D eigenvalue weighted by molar-refractivity contribution is 5.95. The average Bonchev–Trinajstić information content (AvgIpc) is 3.56. The van der Waals surface area contributed by atoms with Crippen LogP contribution in [0.25, 0.3) is 0 Å². The van der Waals surface area contributed by atoms with Gasteiger partial charge in [0.1, 0.15) is 0 Å². The third kappa shape index (κ3) is 8.85. The summed E-state index contributed by atoms with van der Waals surface area (Å²) in [5.74, 6) is 1.65. The molecule has 1 aliphatic heterocycles. The van der Waals surface area contributed by atoms with E-state index in [0.29, 0.717) is 49.8 Å². The molecule has 1 saturated heterocycles. The van der Waals surface area contributed by atoms with E-state index in [0.717, 1.165) is 58.0 Å². The maximum Gasteiger partial charge on any atom is 0.254 e. The maximum absolute atomic E-state index is 13.9. The second-order valence-electron chi connectivity index (χ2n) is 12.9.